The van der Waals surface area contributed by atoms with E-state index >= 15 is 0 Å². The Hall–Kier alpha value is -2.51. The zero-order valence-electron chi connectivity index (χ0n) is 24.3. The zero-order valence-corrected chi connectivity index (χ0v) is 25.1. The van der Waals surface area contributed by atoms with Crippen molar-refractivity contribution in [1.82, 2.24) is 20.2 Å². The number of hydrogen-bond donors (Lipinski definition) is 3. The Balaban J connectivity index is 1.34. The van der Waals surface area contributed by atoms with Gasteiger partial charge >= 0.3 is 0 Å². The Morgan fingerprint density at radius 3 is 2.51 bits per heavy atom. The van der Waals surface area contributed by atoms with Crippen molar-refractivity contribution in [2.45, 2.75) is 103 Å². The zero-order chi connectivity index (χ0) is 27.9. The molecular formula is C32H44N4O2S. The predicted octanol–water partition coefficient (Wildman–Crippen LogP) is 6.50. The fourth-order valence-corrected chi connectivity index (χ4v) is 8.13. The molecule has 0 unspecified atom stereocenters. The molecule has 210 valence electrons. The number of H-pyrrole nitrogens is 1. The first-order valence-electron chi connectivity index (χ1n) is 14.5. The number of thioether (sulfide) groups is 1. The van der Waals surface area contributed by atoms with Crippen molar-refractivity contribution in [2.24, 2.45) is 11.3 Å². The monoisotopic (exact) mass is 548 g/mol. The van der Waals surface area contributed by atoms with Gasteiger partial charge in [0, 0.05) is 57.4 Å². The van der Waals surface area contributed by atoms with E-state index in [1.54, 1.807) is 0 Å². The van der Waals surface area contributed by atoms with Crippen LogP contribution in [-0.2, 0) is 6.54 Å². The summed E-state index contributed by atoms with van der Waals surface area (Å²) >= 11 is 1.53. The van der Waals surface area contributed by atoms with Crippen LogP contribution in [0.5, 0.6) is 0 Å². The van der Waals surface area contributed by atoms with E-state index in [1.807, 2.05) is 25.3 Å². The lowest BCUT2D eigenvalue weighted by molar-refractivity contribution is 0.0115. The second-order valence-corrected chi connectivity index (χ2v) is 13.2. The SMILES string of the molecule is CSc1cc(C)[nH]c(=O)c1CNC(=O)c1c(C)n([C@H](C)C2CCC3(CC2)CC(NC(C)C)C3)c2ccccc12. The van der Waals surface area contributed by atoms with Crippen molar-refractivity contribution in [3.63, 3.8) is 0 Å². The standard InChI is InChI=1S/C32H44N4O2S/c1-19(2)34-24-16-32(17-24)13-11-23(12-14-32)21(4)36-22(5)29(25-9-7-8-10-27(25)36)31(38)33-18-26-28(39-6)15-20(3)35-30(26)37/h7-10,15,19,21,23-24,34H,11-14,16-18H2,1-6H3,(H,33,38)(H,35,37)/t21-,23?,24?,32?/m1/s1. The second kappa shape index (κ2) is 11.2. The number of rotatable bonds is 8. The average molecular weight is 549 g/mol. The second-order valence-electron chi connectivity index (χ2n) is 12.4. The fourth-order valence-electron chi connectivity index (χ4n) is 7.42. The molecule has 0 aliphatic heterocycles. The molecule has 2 aliphatic carbocycles. The van der Waals surface area contributed by atoms with Crippen molar-refractivity contribution in [3.8, 4) is 0 Å². The van der Waals surface area contributed by atoms with Crippen LogP contribution in [0.25, 0.3) is 10.9 Å². The normalized spacial score (nSPS) is 23.8. The summed E-state index contributed by atoms with van der Waals surface area (Å²) in [5.74, 6) is 0.482. The first-order valence-corrected chi connectivity index (χ1v) is 15.8. The highest BCUT2D eigenvalue weighted by Crippen LogP contribution is 2.54. The van der Waals surface area contributed by atoms with Crippen molar-refractivity contribution in [1.29, 1.82) is 0 Å². The summed E-state index contributed by atoms with van der Waals surface area (Å²) in [6.45, 7) is 11.0. The molecule has 1 atom stereocenters. The maximum absolute atomic E-state index is 13.6. The van der Waals surface area contributed by atoms with Crippen molar-refractivity contribution >= 4 is 28.6 Å². The maximum atomic E-state index is 13.6. The van der Waals surface area contributed by atoms with E-state index in [2.05, 4.69) is 66.1 Å². The molecule has 7 heteroatoms. The van der Waals surface area contributed by atoms with Crippen molar-refractivity contribution in [3.05, 3.63) is 63.2 Å². The third-order valence-corrected chi connectivity index (χ3v) is 10.2. The van der Waals surface area contributed by atoms with Crippen LogP contribution in [-0.4, -0.2) is 33.8 Å². The number of pyridine rings is 1. The molecule has 1 aromatic carbocycles. The van der Waals surface area contributed by atoms with E-state index in [4.69, 9.17) is 0 Å². The lowest BCUT2D eigenvalue weighted by Gasteiger charge is -2.53. The molecule has 0 bridgehead atoms. The van der Waals surface area contributed by atoms with E-state index in [0.29, 0.717) is 35.0 Å². The maximum Gasteiger partial charge on any atom is 0.254 e. The summed E-state index contributed by atoms with van der Waals surface area (Å²) < 4.78 is 2.41. The van der Waals surface area contributed by atoms with Crippen LogP contribution in [0.3, 0.4) is 0 Å². The van der Waals surface area contributed by atoms with Gasteiger partial charge in [0.1, 0.15) is 0 Å². The average Bonchev–Trinajstić information content (AvgIpc) is 3.18. The molecule has 3 aromatic rings. The smallest absolute Gasteiger partial charge is 0.254 e. The van der Waals surface area contributed by atoms with Crippen LogP contribution < -0.4 is 16.2 Å². The van der Waals surface area contributed by atoms with Crippen LogP contribution in [0.1, 0.15) is 92.6 Å². The minimum atomic E-state index is -0.139. The van der Waals surface area contributed by atoms with E-state index < -0.39 is 0 Å². The van der Waals surface area contributed by atoms with E-state index in [9.17, 15) is 9.59 Å². The first-order chi connectivity index (χ1) is 18.6. The van der Waals surface area contributed by atoms with Gasteiger partial charge in [-0.05, 0) is 89.0 Å². The number of aromatic nitrogens is 2. The van der Waals surface area contributed by atoms with Gasteiger partial charge in [0.15, 0.2) is 0 Å². The van der Waals surface area contributed by atoms with Gasteiger partial charge in [-0.25, -0.2) is 0 Å². The molecule has 6 nitrogen and oxygen atoms in total. The molecule has 5 rings (SSSR count). The third kappa shape index (κ3) is 5.45. The number of carbonyl (C=O) groups excluding carboxylic acids is 1. The van der Waals surface area contributed by atoms with Crippen molar-refractivity contribution < 1.29 is 4.79 Å². The highest BCUT2D eigenvalue weighted by molar-refractivity contribution is 7.98. The Kier molecular flexibility index (Phi) is 8.03. The molecule has 1 amide bonds. The highest BCUT2D eigenvalue weighted by atomic mass is 32.2. The number of nitrogens with one attached hydrogen (secondary N) is 3. The Morgan fingerprint density at radius 1 is 1.15 bits per heavy atom. The number of para-hydroxylation sites is 1. The molecule has 0 saturated heterocycles. The number of carbonyl (C=O) groups is 1. The molecule has 2 fully saturated rings. The number of nitrogens with zero attached hydrogens (tertiary/aromatic N) is 1. The minimum absolute atomic E-state index is 0.123. The molecule has 2 aliphatic rings. The van der Waals surface area contributed by atoms with E-state index in [1.165, 1.54) is 50.3 Å². The Morgan fingerprint density at radius 2 is 1.85 bits per heavy atom. The van der Waals surface area contributed by atoms with Gasteiger partial charge in [0.2, 0.25) is 0 Å². The molecule has 0 radical (unpaired) electrons. The summed E-state index contributed by atoms with van der Waals surface area (Å²) in [5, 5.41) is 7.77. The number of amides is 1. The largest absolute Gasteiger partial charge is 0.348 e. The fraction of sp³-hybridized carbons (Fsp3) is 0.562. The lowest BCUT2D eigenvalue weighted by Crippen LogP contribution is -2.52. The summed E-state index contributed by atoms with van der Waals surface area (Å²) in [6, 6.07) is 11.8. The van der Waals surface area contributed by atoms with E-state index in [0.717, 1.165) is 32.7 Å². The molecule has 2 saturated carbocycles. The van der Waals surface area contributed by atoms with Gasteiger partial charge in [-0.15, -0.1) is 11.8 Å². The van der Waals surface area contributed by atoms with E-state index in [-0.39, 0.29) is 18.0 Å². The molecule has 2 aromatic heterocycles. The number of fused-ring (bicyclic) bond motifs is 1. The third-order valence-electron chi connectivity index (χ3n) is 9.37. The molecule has 2 heterocycles. The molecular weight excluding hydrogens is 504 g/mol. The van der Waals surface area contributed by atoms with Gasteiger partial charge in [-0.3, -0.25) is 9.59 Å². The van der Waals surface area contributed by atoms with Crippen LogP contribution in [0, 0.1) is 25.2 Å². The van der Waals surface area contributed by atoms with Crippen LogP contribution in [0.15, 0.2) is 40.0 Å². The Labute approximate surface area is 236 Å². The van der Waals surface area contributed by atoms with Crippen LogP contribution in [0.2, 0.25) is 0 Å². The minimum Gasteiger partial charge on any atom is -0.348 e. The van der Waals surface area contributed by atoms with Gasteiger partial charge in [-0.2, -0.15) is 0 Å². The van der Waals surface area contributed by atoms with Gasteiger partial charge in [-0.1, -0.05) is 32.0 Å². The van der Waals surface area contributed by atoms with Crippen LogP contribution in [0.4, 0.5) is 0 Å². The number of hydrogen-bond acceptors (Lipinski definition) is 4. The predicted molar refractivity (Wildman–Crippen MR) is 162 cm³/mol. The quantitative estimate of drug-likeness (QED) is 0.281. The summed E-state index contributed by atoms with van der Waals surface area (Å²) in [6.07, 6.45) is 9.72. The molecule has 39 heavy (non-hydrogen) atoms. The highest BCUT2D eigenvalue weighted by Gasteiger charge is 2.46. The topological polar surface area (TPSA) is 78.9 Å². The summed E-state index contributed by atoms with van der Waals surface area (Å²) in [5.41, 5.74) is 4.69. The summed E-state index contributed by atoms with van der Waals surface area (Å²) in [7, 11) is 0. The first kappa shape index (κ1) is 28.0. The number of aromatic amines is 1. The lowest BCUT2D eigenvalue weighted by atomic mass is 9.56. The molecule has 3 N–H and O–H groups in total. The number of aryl methyl sites for hydroxylation is 1. The van der Waals surface area contributed by atoms with Crippen LogP contribution >= 0.6 is 11.8 Å². The van der Waals surface area contributed by atoms with Gasteiger partial charge in [0.05, 0.1) is 5.56 Å². The Bertz CT molecular complexity index is 1410. The molecule has 1 spiro atoms. The van der Waals surface area contributed by atoms with Gasteiger partial charge in [0.25, 0.3) is 11.5 Å². The van der Waals surface area contributed by atoms with Crippen molar-refractivity contribution in [2.75, 3.05) is 6.26 Å². The number of benzene rings is 1. The van der Waals surface area contributed by atoms with Gasteiger partial charge < -0.3 is 20.2 Å². The summed E-state index contributed by atoms with van der Waals surface area (Å²) in [4.78, 5) is 30.0.